The van der Waals surface area contributed by atoms with Crippen molar-refractivity contribution in [1.29, 1.82) is 5.26 Å². The molecule has 1 aliphatic carbocycles. The van der Waals surface area contributed by atoms with Crippen LogP contribution < -0.4 is 10.2 Å². The summed E-state index contributed by atoms with van der Waals surface area (Å²) in [5, 5.41) is 11.9. The van der Waals surface area contributed by atoms with Crippen molar-refractivity contribution in [3.05, 3.63) is 112 Å². The van der Waals surface area contributed by atoms with Crippen LogP contribution in [0.4, 0.5) is 23.7 Å². The van der Waals surface area contributed by atoms with Gasteiger partial charge in [-0.25, -0.2) is 4.79 Å². The fourth-order valence-electron chi connectivity index (χ4n) is 4.89. The number of nitrogens with one attached hydrogen (secondary N) is 1. The number of nitriles is 1. The first kappa shape index (κ1) is 23.4. The first-order chi connectivity index (χ1) is 17.3. The third-order valence-corrected chi connectivity index (χ3v) is 6.59. The number of rotatable bonds is 3. The second kappa shape index (κ2) is 9.00. The quantitative estimate of drug-likeness (QED) is 0.475. The van der Waals surface area contributed by atoms with Crippen LogP contribution in [-0.4, -0.2) is 11.8 Å². The molecule has 0 aromatic heterocycles. The summed E-state index contributed by atoms with van der Waals surface area (Å²) in [6.07, 6.45) is -4.07. The van der Waals surface area contributed by atoms with Gasteiger partial charge in [0, 0.05) is 17.7 Å². The van der Waals surface area contributed by atoms with E-state index in [2.05, 4.69) is 5.32 Å². The van der Waals surface area contributed by atoms with Gasteiger partial charge in [-0.2, -0.15) is 18.4 Å². The normalized spacial score (nSPS) is 20.0. The van der Waals surface area contributed by atoms with Crippen LogP contribution in [0.25, 0.3) is 0 Å². The van der Waals surface area contributed by atoms with Crippen LogP contribution in [0.3, 0.4) is 0 Å². The number of allylic oxidation sites excluding steroid dienone is 1. The molecule has 5 nitrogen and oxygen atoms in total. The minimum absolute atomic E-state index is 0.0367. The summed E-state index contributed by atoms with van der Waals surface area (Å²) in [6.45, 7) is 0. The summed E-state index contributed by atoms with van der Waals surface area (Å²) >= 11 is 0. The van der Waals surface area contributed by atoms with E-state index in [1.54, 1.807) is 24.3 Å². The van der Waals surface area contributed by atoms with E-state index in [1.807, 2.05) is 36.4 Å². The molecule has 2 atom stereocenters. The van der Waals surface area contributed by atoms with Crippen LogP contribution in [0.5, 0.6) is 0 Å². The molecule has 36 heavy (non-hydrogen) atoms. The highest BCUT2D eigenvalue weighted by molar-refractivity contribution is 6.07. The Bertz CT molecular complexity index is 1410. The van der Waals surface area contributed by atoms with Gasteiger partial charge >= 0.3 is 12.2 Å². The molecule has 1 aliphatic heterocycles. The molecule has 3 aromatic rings. The van der Waals surface area contributed by atoms with Gasteiger partial charge in [0.1, 0.15) is 0 Å². The third kappa shape index (κ3) is 4.24. The average Bonchev–Trinajstić information content (AvgIpc) is 2.88. The SMILES string of the molecule is N#Cc1ccc(C2NC(=O)N(c3cccc(C(F)(F)F)c3)C3=C2C(=O)CC(c2ccccc2)C3)cc1. The number of halogens is 3. The van der Waals surface area contributed by atoms with Gasteiger partial charge in [-0.3, -0.25) is 9.69 Å². The van der Waals surface area contributed by atoms with E-state index in [4.69, 9.17) is 5.26 Å². The maximum absolute atomic E-state index is 13.6. The van der Waals surface area contributed by atoms with Crippen molar-refractivity contribution in [3.8, 4) is 6.07 Å². The van der Waals surface area contributed by atoms with E-state index in [-0.39, 0.29) is 23.8 Å². The largest absolute Gasteiger partial charge is 0.416 e. The molecule has 0 radical (unpaired) electrons. The molecule has 2 aliphatic rings. The predicted octanol–water partition coefficient (Wildman–Crippen LogP) is 6.25. The Hall–Kier alpha value is -4.38. The number of amides is 2. The molecule has 180 valence electrons. The minimum atomic E-state index is -4.58. The van der Waals surface area contributed by atoms with E-state index >= 15 is 0 Å². The zero-order valence-electron chi connectivity index (χ0n) is 18.9. The number of benzene rings is 3. The zero-order valence-corrected chi connectivity index (χ0v) is 18.9. The van der Waals surface area contributed by atoms with Gasteiger partial charge in [-0.15, -0.1) is 0 Å². The molecule has 0 spiro atoms. The molecular formula is C28H20F3N3O2. The summed E-state index contributed by atoms with van der Waals surface area (Å²) in [6, 6.07) is 21.1. The van der Waals surface area contributed by atoms with Gasteiger partial charge in [0.2, 0.25) is 0 Å². The summed E-state index contributed by atoms with van der Waals surface area (Å²) < 4.78 is 40.3. The average molecular weight is 487 g/mol. The topological polar surface area (TPSA) is 73.2 Å². The van der Waals surface area contributed by atoms with Gasteiger partial charge in [0.05, 0.1) is 28.9 Å². The highest BCUT2D eigenvalue weighted by Crippen LogP contribution is 2.44. The number of carbonyl (C=O) groups excluding carboxylic acids is 2. The highest BCUT2D eigenvalue weighted by Gasteiger charge is 2.43. The summed E-state index contributed by atoms with van der Waals surface area (Å²) in [5.41, 5.74) is 1.86. The number of nitrogens with zero attached hydrogens (tertiary/aromatic N) is 2. The van der Waals surface area contributed by atoms with Crippen LogP contribution >= 0.6 is 0 Å². The molecule has 2 amide bonds. The van der Waals surface area contributed by atoms with Crippen molar-refractivity contribution >= 4 is 17.5 Å². The van der Waals surface area contributed by atoms with E-state index in [0.29, 0.717) is 28.8 Å². The standard InChI is InChI=1S/C28H20F3N3O2/c29-28(30,31)21-7-4-8-22(15-21)34-23-13-20(18-5-2-1-3-6-18)14-24(35)25(23)26(33-27(34)36)19-11-9-17(16-32)10-12-19/h1-12,15,20,26H,13-14H2,(H,33,36). The Kier molecular flexibility index (Phi) is 5.84. The number of carbonyl (C=O) groups is 2. The van der Waals surface area contributed by atoms with Crippen molar-refractivity contribution in [1.82, 2.24) is 5.32 Å². The van der Waals surface area contributed by atoms with Crippen molar-refractivity contribution in [3.63, 3.8) is 0 Å². The molecule has 0 saturated heterocycles. The maximum atomic E-state index is 13.6. The Morgan fingerprint density at radius 3 is 2.28 bits per heavy atom. The third-order valence-electron chi connectivity index (χ3n) is 6.59. The molecule has 1 heterocycles. The number of Topliss-reactive ketones (excluding diaryl/α,β-unsaturated/α-hetero) is 1. The Morgan fingerprint density at radius 1 is 0.889 bits per heavy atom. The molecule has 2 unspecified atom stereocenters. The smallest absolute Gasteiger partial charge is 0.326 e. The van der Waals surface area contributed by atoms with E-state index < -0.39 is 23.8 Å². The first-order valence-corrected chi connectivity index (χ1v) is 11.4. The summed E-state index contributed by atoms with van der Waals surface area (Å²) in [5.74, 6) is -0.408. The lowest BCUT2D eigenvalue weighted by molar-refractivity contribution is -0.137. The molecule has 0 fully saturated rings. The fraction of sp³-hybridized carbons (Fsp3) is 0.179. The van der Waals surface area contributed by atoms with Gasteiger partial charge in [-0.1, -0.05) is 48.5 Å². The second-order valence-electron chi connectivity index (χ2n) is 8.80. The number of urea groups is 1. The van der Waals surface area contributed by atoms with Gasteiger partial charge in [0.15, 0.2) is 5.78 Å². The molecule has 8 heteroatoms. The second-order valence-corrected chi connectivity index (χ2v) is 8.80. The number of ketones is 1. The van der Waals surface area contributed by atoms with Gasteiger partial charge in [0.25, 0.3) is 0 Å². The van der Waals surface area contributed by atoms with Crippen LogP contribution in [0.15, 0.2) is 90.1 Å². The van der Waals surface area contributed by atoms with E-state index in [1.165, 1.54) is 17.0 Å². The van der Waals surface area contributed by atoms with Gasteiger partial charge in [-0.05, 0) is 53.8 Å². The molecule has 3 aromatic carbocycles. The minimum Gasteiger partial charge on any atom is -0.326 e. The highest BCUT2D eigenvalue weighted by atomic mass is 19.4. The summed E-state index contributed by atoms with van der Waals surface area (Å²) in [4.78, 5) is 28.2. The van der Waals surface area contributed by atoms with Crippen LogP contribution in [0.1, 0.15) is 47.1 Å². The van der Waals surface area contributed by atoms with Crippen molar-refractivity contribution < 1.29 is 22.8 Å². The number of hydrogen-bond acceptors (Lipinski definition) is 3. The molecule has 0 bridgehead atoms. The molecule has 5 rings (SSSR count). The van der Waals surface area contributed by atoms with Crippen LogP contribution in [0, 0.1) is 11.3 Å². The number of anilines is 1. The monoisotopic (exact) mass is 487 g/mol. The Morgan fingerprint density at radius 2 is 1.61 bits per heavy atom. The predicted molar refractivity (Wildman–Crippen MR) is 127 cm³/mol. The lowest BCUT2D eigenvalue weighted by Crippen LogP contribution is -2.50. The van der Waals surface area contributed by atoms with Crippen molar-refractivity contribution in [2.75, 3.05) is 4.90 Å². The zero-order chi connectivity index (χ0) is 25.4. The Labute approximate surface area is 205 Å². The first-order valence-electron chi connectivity index (χ1n) is 11.4. The van der Waals surface area contributed by atoms with E-state index in [9.17, 15) is 22.8 Å². The van der Waals surface area contributed by atoms with Crippen LogP contribution in [-0.2, 0) is 11.0 Å². The van der Waals surface area contributed by atoms with Crippen molar-refractivity contribution in [2.24, 2.45) is 0 Å². The number of alkyl halides is 3. The molecule has 0 saturated carbocycles. The van der Waals surface area contributed by atoms with E-state index in [0.717, 1.165) is 17.7 Å². The fourth-order valence-corrected chi connectivity index (χ4v) is 4.89. The van der Waals surface area contributed by atoms with Crippen molar-refractivity contribution in [2.45, 2.75) is 31.0 Å². The maximum Gasteiger partial charge on any atom is 0.416 e. The van der Waals surface area contributed by atoms with Gasteiger partial charge < -0.3 is 5.32 Å². The lowest BCUT2D eigenvalue weighted by Gasteiger charge is -2.41. The number of hydrogen-bond donors (Lipinski definition) is 1. The lowest BCUT2D eigenvalue weighted by atomic mass is 9.77. The molecular weight excluding hydrogens is 467 g/mol. The summed E-state index contributed by atoms with van der Waals surface area (Å²) in [7, 11) is 0. The Balaban J connectivity index is 1.65. The van der Waals surface area contributed by atoms with Crippen LogP contribution in [0.2, 0.25) is 0 Å². The molecule has 1 N–H and O–H groups in total.